The second-order valence-corrected chi connectivity index (χ2v) is 3.75. The summed E-state index contributed by atoms with van der Waals surface area (Å²) in [6.45, 7) is 0. The fourth-order valence-corrected chi connectivity index (χ4v) is 2.35. The number of hydrogen-bond acceptors (Lipinski definition) is 0. The van der Waals surface area contributed by atoms with Gasteiger partial charge in [-0.3, -0.25) is 0 Å². The van der Waals surface area contributed by atoms with E-state index in [9.17, 15) is 0 Å². The lowest BCUT2D eigenvalue weighted by Gasteiger charge is -1.97. The average molecular weight is 107 g/mol. The van der Waals surface area contributed by atoms with Crippen LogP contribution in [0.1, 0.15) is 19.3 Å². The molecule has 0 nitrogen and oxygen atoms in total. The molecule has 3 saturated carbocycles. The summed E-state index contributed by atoms with van der Waals surface area (Å²) in [7, 11) is 0. The Kier molecular flexibility index (Phi) is 0.448. The molecule has 0 aliphatic heterocycles. The lowest BCUT2D eigenvalue weighted by Crippen LogP contribution is -1.95. The molecule has 0 aromatic carbocycles. The van der Waals surface area contributed by atoms with E-state index < -0.39 is 0 Å². The Hall–Kier alpha value is -0.130. The van der Waals surface area contributed by atoms with E-state index in [1.165, 1.54) is 11.8 Å². The third kappa shape index (κ3) is 0.353. The van der Waals surface area contributed by atoms with Crippen molar-refractivity contribution in [3.05, 3.63) is 6.42 Å². The van der Waals surface area contributed by atoms with E-state index in [4.69, 9.17) is 0 Å². The predicted molar refractivity (Wildman–Crippen MR) is 32.1 cm³/mol. The summed E-state index contributed by atoms with van der Waals surface area (Å²) in [6.07, 6.45) is 7.26. The summed E-state index contributed by atoms with van der Waals surface area (Å²) in [5.74, 6) is 4.57. The highest BCUT2D eigenvalue weighted by Gasteiger charge is 2.61. The Morgan fingerprint density at radius 1 is 0.875 bits per heavy atom. The Balaban J connectivity index is 1.85. The van der Waals surface area contributed by atoms with Gasteiger partial charge in [-0.1, -0.05) is 0 Å². The van der Waals surface area contributed by atoms with Crippen molar-refractivity contribution >= 4 is 0 Å². The molecule has 0 saturated heterocycles. The third-order valence-electron chi connectivity index (χ3n) is 3.12. The first kappa shape index (κ1) is 3.81. The van der Waals surface area contributed by atoms with E-state index in [1.54, 1.807) is 19.3 Å². The first-order chi connectivity index (χ1) is 3.93. The van der Waals surface area contributed by atoms with Gasteiger partial charge < -0.3 is 0 Å². The van der Waals surface area contributed by atoms with Gasteiger partial charge in [0.1, 0.15) is 11.8 Å². The van der Waals surface area contributed by atoms with Gasteiger partial charge in [-0.2, -0.15) is 0 Å². The van der Waals surface area contributed by atoms with E-state index >= 15 is 0 Å². The van der Waals surface area contributed by atoms with Crippen molar-refractivity contribution in [3.8, 4) is 0 Å². The Morgan fingerprint density at radius 3 is 2.12 bits per heavy atom. The van der Waals surface area contributed by atoms with E-state index in [0.717, 1.165) is 11.8 Å². The molecule has 0 heteroatoms. The molecule has 42 valence electrons. The number of fused-ring (bicyclic) bond motifs is 2. The van der Waals surface area contributed by atoms with Crippen molar-refractivity contribution in [1.82, 2.24) is 0 Å². The van der Waals surface area contributed by atoms with Gasteiger partial charge in [-0.05, 0) is 31.1 Å². The molecule has 3 fully saturated rings. The highest BCUT2D eigenvalue weighted by atomic mass is 14.6. The summed E-state index contributed by atoms with van der Waals surface area (Å²) < 4.78 is 0. The highest BCUT2D eigenvalue weighted by Crippen LogP contribution is 2.62. The minimum Gasteiger partial charge on any atom is -0.0467 e. The third-order valence-corrected chi connectivity index (χ3v) is 3.12. The van der Waals surface area contributed by atoms with Crippen molar-refractivity contribution in [2.24, 2.45) is 23.7 Å². The summed E-state index contributed by atoms with van der Waals surface area (Å²) in [5.41, 5.74) is 0. The maximum Gasteiger partial charge on any atom is 0.141 e. The highest BCUT2D eigenvalue weighted by molar-refractivity contribution is 5.14. The first-order valence-electron chi connectivity index (χ1n) is 3.78. The fraction of sp³-hybridized carbons (Fsp3) is 0.875. The monoisotopic (exact) mass is 107 g/mol. The van der Waals surface area contributed by atoms with Crippen LogP contribution in [0.15, 0.2) is 0 Å². The quantitative estimate of drug-likeness (QED) is 0.414. The van der Waals surface area contributed by atoms with Crippen molar-refractivity contribution in [2.75, 3.05) is 0 Å². The summed E-state index contributed by atoms with van der Waals surface area (Å²) >= 11 is 0. The van der Waals surface area contributed by atoms with Crippen LogP contribution >= 0.6 is 0 Å². The van der Waals surface area contributed by atoms with E-state index in [1.807, 2.05) is 0 Å². The number of rotatable bonds is 0. The van der Waals surface area contributed by atoms with Crippen LogP contribution in [0.25, 0.3) is 0 Å². The summed E-state index contributed by atoms with van der Waals surface area (Å²) in [6, 6.07) is 0. The van der Waals surface area contributed by atoms with Crippen LogP contribution in [0.3, 0.4) is 0 Å². The van der Waals surface area contributed by atoms with Crippen molar-refractivity contribution in [3.63, 3.8) is 0 Å². The topological polar surface area (TPSA) is 0 Å². The van der Waals surface area contributed by atoms with E-state index in [2.05, 4.69) is 6.42 Å². The van der Waals surface area contributed by atoms with Gasteiger partial charge >= 0.3 is 0 Å². The first-order valence-corrected chi connectivity index (χ1v) is 3.78. The second-order valence-electron chi connectivity index (χ2n) is 3.75. The lowest BCUT2D eigenvalue weighted by atomic mass is 10.0. The standard InChI is InChI=1S/C8H11/c1-5-3-7-2-8(7)4-6(1)5/h1,5-8H,2-4H2/q+1. The second kappa shape index (κ2) is 0.940. The maximum atomic E-state index is 2.55. The lowest BCUT2D eigenvalue weighted by molar-refractivity contribution is 0.457. The van der Waals surface area contributed by atoms with Gasteiger partial charge in [0, 0.05) is 0 Å². The molecule has 0 radical (unpaired) electrons. The minimum absolute atomic E-state index is 1.10. The Bertz CT molecular complexity index is 100. The molecule has 4 unspecified atom stereocenters. The molecule has 0 bridgehead atoms. The molecule has 3 aliphatic carbocycles. The molecule has 0 amide bonds. The van der Waals surface area contributed by atoms with Gasteiger partial charge in [-0.25, -0.2) is 0 Å². The van der Waals surface area contributed by atoms with Gasteiger partial charge in [-0.15, -0.1) is 0 Å². The molecule has 8 heavy (non-hydrogen) atoms. The molecule has 4 atom stereocenters. The largest absolute Gasteiger partial charge is 0.141 e. The van der Waals surface area contributed by atoms with Crippen LogP contribution < -0.4 is 0 Å². The van der Waals surface area contributed by atoms with E-state index in [0.29, 0.717) is 0 Å². The molecule has 3 rings (SSSR count). The SMILES string of the molecule is [CH+]1C2CC3CC3CC12. The molecule has 3 aliphatic rings. The van der Waals surface area contributed by atoms with Crippen LogP contribution in [0.2, 0.25) is 0 Å². The van der Waals surface area contributed by atoms with E-state index in [-0.39, 0.29) is 0 Å². The van der Waals surface area contributed by atoms with Crippen LogP contribution in [-0.2, 0) is 0 Å². The normalized spacial score (nSPS) is 65.0. The maximum absolute atomic E-state index is 2.55. The molecule has 0 heterocycles. The van der Waals surface area contributed by atoms with Crippen molar-refractivity contribution in [2.45, 2.75) is 19.3 Å². The van der Waals surface area contributed by atoms with Gasteiger partial charge in [0.05, 0.1) is 6.42 Å². The molecule has 0 N–H and O–H groups in total. The van der Waals surface area contributed by atoms with Gasteiger partial charge in [0.25, 0.3) is 0 Å². The van der Waals surface area contributed by atoms with Crippen molar-refractivity contribution in [1.29, 1.82) is 0 Å². The Morgan fingerprint density at radius 2 is 1.50 bits per heavy atom. The zero-order valence-electron chi connectivity index (χ0n) is 5.01. The zero-order valence-corrected chi connectivity index (χ0v) is 5.01. The minimum atomic E-state index is 1.10. The molecule has 0 aromatic rings. The molecule has 0 aromatic heterocycles. The Labute approximate surface area is 50.3 Å². The molecular formula is C8H11+. The van der Waals surface area contributed by atoms with Crippen LogP contribution in [0.4, 0.5) is 0 Å². The van der Waals surface area contributed by atoms with Crippen molar-refractivity contribution < 1.29 is 0 Å². The summed E-state index contributed by atoms with van der Waals surface area (Å²) in [5, 5.41) is 0. The fourth-order valence-electron chi connectivity index (χ4n) is 2.35. The smallest absolute Gasteiger partial charge is 0.0467 e. The van der Waals surface area contributed by atoms with Crippen LogP contribution in [0.5, 0.6) is 0 Å². The average Bonchev–Trinajstić information content (AvgIpc) is 2.45. The van der Waals surface area contributed by atoms with Gasteiger partial charge in [0.2, 0.25) is 0 Å². The predicted octanol–water partition coefficient (Wildman–Crippen LogP) is 1.87. The molecule has 0 spiro atoms. The van der Waals surface area contributed by atoms with Crippen LogP contribution in [-0.4, -0.2) is 0 Å². The van der Waals surface area contributed by atoms with Gasteiger partial charge in [0.15, 0.2) is 0 Å². The summed E-state index contributed by atoms with van der Waals surface area (Å²) in [4.78, 5) is 0. The zero-order chi connectivity index (χ0) is 5.14. The number of hydrogen-bond donors (Lipinski definition) is 0. The van der Waals surface area contributed by atoms with Crippen LogP contribution in [0, 0.1) is 30.1 Å². The molecular weight excluding hydrogens is 96.1 g/mol.